The molecule has 0 radical (unpaired) electrons. The molecule has 5 heteroatoms. The molecule has 0 aromatic rings. The Kier molecular flexibility index (Phi) is 31.0. The zero-order valence-corrected chi connectivity index (χ0v) is 28.0. The van der Waals surface area contributed by atoms with Crippen LogP contribution in [0, 0.1) is 5.92 Å². The number of ether oxygens (including phenoxy) is 3. The van der Waals surface area contributed by atoms with Crippen LogP contribution in [0.1, 0.15) is 188 Å². The lowest BCUT2D eigenvalue weighted by Crippen LogP contribution is -2.30. The molecule has 0 N–H and O–H groups in total. The topological polar surface area (TPSA) is 61.8 Å². The Hall–Kier alpha value is -1.10. The SMILES string of the molecule is CCCCCCCCCCCCCC(=O)OCC(COCCC(C)C)OC(=O)CCCCCCCCCCCCC. The quantitative estimate of drug-likeness (QED) is 0.0583. The summed E-state index contributed by atoms with van der Waals surface area (Å²) in [5.74, 6) is 0.148. The van der Waals surface area contributed by atoms with E-state index in [0.29, 0.717) is 25.4 Å². The van der Waals surface area contributed by atoms with Crippen LogP contribution in [-0.4, -0.2) is 37.9 Å². The van der Waals surface area contributed by atoms with Crippen LogP contribution in [0.15, 0.2) is 0 Å². The first-order chi connectivity index (χ1) is 20.0. The van der Waals surface area contributed by atoms with E-state index in [0.717, 1.165) is 32.1 Å². The second-order valence-electron chi connectivity index (χ2n) is 12.6. The van der Waals surface area contributed by atoms with E-state index in [1.165, 1.54) is 116 Å². The van der Waals surface area contributed by atoms with E-state index in [9.17, 15) is 9.59 Å². The Morgan fingerprint density at radius 3 is 1.32 bits per heavy atom. The van der Waals surface area contributed by atoms with Gasteiger partial charge in [0.2, 0.25) is 0 Å². The van der Waals surface area contributed by atoms with Crippen LogP contribution in [0.5, 0.6) is 0 Å². The monoisotopic (exact) mass is 583 g/mol. The van der Waals surface area contributed by atoms with E-state index in [1.54, 1.807) is 0 Å². The zero-order valence-electron chi connectivity index (χ0n) is 28.0. The Labute approximate surface area is 255 Å². The van der Waals surface area contributed by atoms with E-state index in [-0.39, 0.29) is 25.2 Å². The lowest BCUT2D eigenvalue weighted by atomic mass is 10.1. The molecule has 0 aliphatic heterocycles. The van der Waals surface area contributed by atoms with Gasteiger partial charge in [0.1, 0.15) is 6.61 Å². The summed E-state index contributed by atoms with van der Waals surface area (Å²) >= 11 is 0. The standard InChI is InChI=1S/C36H70O5/c1-5-7-9-11-13-15-17-19-21-23-25-27-35(37)40-32-34(31-39-30-29-33(3)4)41-36(38)28-26-24-22-20-18-16-14-12-10-8-6-2/h33-34H,5-32H2,1-4H3. The van der Waals surface area contributed by atoms with Crippen molar-refractivity contribution in [3.05, 3.63) is 0 Å². The van der Waals surface area contributed by atoms with Gasteiger partial charge < -0.3 is 14.2 Å². The molecule has 244 valence electrons. The number of rotatable bonds is 32. The van der Waals surface area contributed by atoms with E-state index < -0.39 is 6.10 Å². The summed E-state index contributed by atoms with van der Waals surface area (Å²) in [7, 11) is 0. The average molecular weight is 583 g/mol. The summed E-state index contributed by atoms with van der Waals surface area (Å²) < 4.78 is 16.9. The fourth-order valence-corrected chi connectivity index (χ4v) is 5.02. The number of carbonyl (C=O) groups is 2. The Balaban J connectivity index is 4.02. The van der Waals surface area contributed by atoms with Crippen molar-refractivity contribution < 1.29 is 23.8 Å². The normalized spacial score (nSPS) is 12.1. The van der Waals surface area contributed by atoms with Crippen molar-refractivity contribution >= 4 is 11.9 Å². The molecule has 1 atom stereocenters. The van der Waals surface area contributed by atoms with Crippen LogP contribution in [0.25, 0.3) is 0 Å². The van der Waals surface area contributed by atoms with Crippen molar-refractivity contribution in [2.24, 2.45) is 5.92 Å². The maximum Gasteiger partial charge on any atom is 0.306 e. The number of carbonyl (C=O) groups excluding carboxylic acids is 2. The molecule has 0 fully saturated rings. The van der Waals surface area contributed by atoms with Gasteiger partial charge in [-0.15, -0.1) is 0 Å². The second-order valence-corrected chi connectivity index (χ2v) is 12.6. The van der Waals surface area contributed by atoms with Crippen LogP contribution in [0.4, 0.5) is 0 Å². The minimum atomic E-state index is -0.524. The molecule has 5 nitrogen and oxygen atoms in total. The third-order valence-electron chi connectivity index (χ3n) is 7.84. The van der Waals surface area contributed by atoms with Gasteiger partial charge in [-0.25, -0.2) is 0 Å². The van der Waals surface area contributed by atoms with Crippen molar-refractivity contribution in [1.82, 2.24) is 0 Å². The fraction of sp³-hybridized carbons (Fsp3) is 0.944. The molecule has 0 aliphatic rings. The minimum absolute atomic E-state index is 0.0859. The second kappa shape index (κ2) is 31.8. The van der Waals surface area contributed by atoms with Gasteiger partial charge in [-0.05, 0) is 25.2 Å². The third kappa shape index (κ3) is 31.7. The first-order valence-corrected chi connectivity index (χ1v) is 17.9. The van der Waals surface area contributed by atoms with Crippen LogP contribution in [-0.2, 0) is 23.8 Å². The van der Waals surface area contributed by atoms with Gasteiger partial charge in [0, 0.05) is 19.4 Å². The van der Waals surface area contributed by atoms with Crippen LogP contribution < -0.4 is 0 Å². The van der Waals surface area contributed by atoms with Gasteiger partial charge >= 0.3 is 11.9 Å². The summed E-state index contributed by atoms with van der Waals surface area (Å²) in [6.07, 6.45) is 28.9. The third-order valence-corrected chi connectivity index (χ3v) is 7.84. The molecule has 0 aliphatic carbocycles. The predicted molar refractivity (Wildman–Crippen MR) is 173 cm³/mol. The number of hydrogen-bond donors (Lipinski definition) is 0. The van der Waals surface area contributed by atoms with Gasteiger partial charge in [0.15, 0.2) is 6.10 Å². The largest absolute Gasteiger partial charge is 0.462 e. The highest BCUT2D eigenvalue weighted by Crippen LogP contribution is 2.14. The molecule has 0 saturated carbocycles. The summed E-state index contributed by atoms with van der Waals surface area (Å²) in [5, 5.41) is 0. The van der Waals surface area contributed by atoms with E-state index in [2.05, 4.69) is 27.7 Å². The van der Waals surface area contributed by atoms with Gasteiger partial charge in [0.25, 0.3) is 0 Å². The van der Waals surface area contributed by atoms with E-state index >= 15 is 0 Å². The first kappa shape index (κ1) is 39.9. The molecular weight excluding hydrogens is 512 g/mol. The number of hydrogen-bond acceptors (Lipinski definition) is 5. The molecule has 0 aromatic heterocycles. The highest BCUT2D eigenvalue weighted by molar-refractivity contribution is 5.70. The molecule has 0 spiro atoms. The Morgan fingerprint density at radius 2 is 0.902 bits per heavy atom. The maximum atomic E-state index is 12.5. The highest BCUT2D eigenvalue weighted by atomic mass is 16.6. The van der Waals surface area contributed by atoms with Crippen LogP contribution in [0.3, 0.4) is 0 Å². The molecule has 41 heavy (non-hydrogen) atoms. The number of esters is 2. The molecule has 1 unspecified atom stereocenters. The van der Waals surface area contributed by atoms with Gasteiger partial charge in [-0.2, -0.15) is 0 Å². The van der Waals surface area contributed by atoms with Crippen molar-refractivity contribution in [2.45, 2.75) is 194 Å². The van der Waals surface area contributed by atoms with Crippen molar-refractivity contribution in [3.63, 3.8) is 0 Å². The molecule has 0 aromatic carbocycles. The highest BCUT2D eigenvalue weighted by Gasteiger charge is 2.17. The number of unbranched alkanes of at least 4 members (excludes halogenated alkanes) is 20. The molecule has 0 saturated heterocycles. The molecular formula is C36H70O5. The van der Waals surface area contributed by atoms with Gasteiger partial charge in [-0.1, -0.05) is 156 Å². The lowest BCUT2D eigenvalue weighted by Gasteiger charge is -2.18. The summed E-state index contributed by atoms with van der Waals surface area (Å²) in [6, 6.07) is 0. The van der Waals surface area contributed by atoms with Crippen molar-refractivity contribution in [1.29, 1.82) is 0 Å². The van der Waals surface area contributed by atoms with Crippen molar-refractivity contribution in [2.75, 3.05) is 19.8 Å². The Bertz CT molecular complexity index is 562. The van der Waals surface area contributed by atoms with Gasteiger partial charge in [0.05, 0.1) is 6.61 Å². The molecule has 0 bridgehead atoms. The Morgan fingerprint density at radius 1 is 0.512 bits per heavy atom. The molecule has 0 rings (SSSR count). The average Bonchev–Trinajstić information content (AvgIpc) is 2.95. The van der Waals surface area contributed by atoms with E-state index in [1.807, 2.05) is 0 Å². The first-order valence-electron chi connectivity index (χ1n) is 17.9. The lowest BCUT2D eigenvalue weighted by molar-refractivity contribution is -0.163. The smallest absolute Gasteiger partial charge is 0.306 e. The van der Waals surface area contributed by atoms with Crippen molar-refractivity contribution in [3.8, 4) is 0 Å². The van der Waals surface area contributed by atoms with E-state index in [4.69, 9.17) is 14.2 Å². The fourth-order valence-electron chi connectivity index (χ4n) is 5.02. The molecule has 0 amide bonds. The summed E-state index contributed by atoms with van der Waals surface area (Å²) in [6.45, 7) is 9.82. The summed E-state index contributed by atoms with van der Waals surface area (Å²) in [5.41, 5.74) is 0. The predicted octanol–water partition coefficient (Wildman–Crippen LogP) is 10.9. The van der Waals surface area contributed by atoms with Crippen LogP contribution >= 0.6 is 0 Å². The minimum Gasteiger partial charge on any atom is -0.462 e. The van der Waals surface area contributed by atoms with Crippen LogP contribution in [0.2, 0.25) is 0 Å². The zero-order chi connectivity index (χ0) is 30.2. The maximum absolute atomic E-state index is 12.5. The summed E-state index contributed by atoms with van der Waals surface area (Å²) in [4.78, 5) is 24.8. The molecule has 0 heterocycles. The van der Waals surface area contributed by atoms with Gasteiger partial charge in [-0.3, -0.25) is 9.59 Å².